The summed E-state index contributed by atoms with van der Waals surface area (Å²) in [4.78, 5) is 26.3. The van der Waals surface area contributed by atoms with Gasteiger partial charge in [-0.05, 0) is 42.3 Å². The van der Waals surface area contributed by atoms with Crippen LogP contribution in [0.5, 0.6) is 0 Å². The molecule has 1 unspecified atom stereocenters. The van der Waals surface area contributed by atoms with Crippen molar-refractivity contribution < 1.29 is 27.1 Å². The van der Waals surface area contributed by atoms with Gasteiger partial charge in [0.15, 0.2) is 0 Å². The molecular weight excluding hydrogens is 425 g/mol. The maximum absolute atomic E-state index is 13.6. The van der Waals surface area contributed by atoms with Crippen molar-refractivity contribution >= 4 is 21.8 Å². The Balaban J connectivity index is 1.96. The Morgan fingerprint density at radius 1 is 1.16 bits per heavy atom. The molecule has 2 N–H and O–H groups in total. The highest BCUT2D eigenvalue weighted by Crippen LogP contribution is 2.26. The van der Waals surface area contributed by atoms with Crippen molar-refractivity contribution in [2.45, 2.75) is 17.9 Å². The van der Waals surface area contributed by atoms with Crippen LogP contribution in [0.15, 0.2) is 47.4 Å². The van der Waals surface area contributed by atoms with E-state index in [9.17, 15) is 22.4 Å². The van der Waals surface area contributed by atoms with Crippen LogP contribution in [0, 0.1) is 12.7 Å². The fraction of sp³-hybridized carbons (Fsp3) is 0.333. The number of rotatable bonds is 6. The summed E-state index contributed by atoms with van der Waals surface area (Å²) in [6.07, 6.45) is 0. The van der Waals surface area contributed by atoms with Crippen LogP contribution >= 0.6 is 0 Å². The molecule has 1 fully saturated rings. The minimum Gasteiger partial charge on any atom is -0.379 e. The molecule has 31 heavy (non-hydrogen) atoms. The Bertz CT molecular complexity index is 1100. The zero-order valence-electron chi connectivity index (χ0n) is 17.2. The molecule has 1 atom stereocenters. The number of benzene rings is 2. The molecule has 166 valence electrons. The lowest BCUT2D eigenvalue weighted by Crippen LogP contribution is -2.41. The first-order valence-corrected chi connectivity index (χ1v) is 11.1. The van der Waals surface area contributed by atoms with Gasteiger partial charge < -0.3 is 15.4 Å². The first-order valence-electron chi connectivity index (χ1n) is 9.63. The van der Waals surface area contributed by atoms with Crippen LogP contribution < -0.4 is 5.73 Å². The normalized spacial score (nSPS) is 16.0. The van der Waals surface area contributed by atoms with Crippen LogP contribution in [-0.2, 0) is 19.6 Å². The Kier molecular flexibility index (Phi) is 6.73. The van der Waals surface area contributed by atoms with E-state index in [2.05, 4.69) is 0 Å². The maximum Gasteiger partial charge on any atom is 0.254 e. The van der Waals surface area contributed by atoms with E-state index in [1.165, 1.54) is 47.8 Å². The van der Waals surface area contributed by atoms with E-state index in [1.807, 2.05) is 0 Å². The number of morpholine rings is 1. The minimum atomic E-state index is -3.83. The minimum absolute atomic E-state index is 0.00929. The molecule has 10 heteroatoms. The van der Waals surface area contributed by atoms with E-state index < -0.39 is 33.7 Å². The second-order valence-corrected chi connectivity index (χ2v) is 9.18. The monoisotopic (exact) mass is 449 g/mol. The lowest BCUT2D eigenvalue weighted by molar-refractivity contribution is -0.122. The molecule has 1 aliphatic heterocycles. The molecule has 2 aromatic carbocycles. The van der Waals surface area contributed by atoms with E-state index in [0.29, 0.717) is 18.8 Å². The molecule has 0 radical (unpaired) electrons. The second-order valence-electron chi connectivity index (χ2n) is 7.27. The summed E-state index contributed by atoms with van der Waals surface area (Å²) < 4.78 is 46.3. The Morgan fingerprint density at radius 2 is 1.84 bits per heavy atom. The molecule has 8 nitrogen and oxygen atoms in total. The fourth-order valence-electron chi connectivity index (χ4n) is 3.51. The number of nitrogens with two attached hydrogens (primary N) is 1. The van der Waals surface area contributed by atoms with Crippen LogP contribution in [0.4, 0.5) is 4.39 Å². The topological polar surface area (TPSA) is 110 Å². The van der Waals surface area contributed by atoms with Crippen molar-refractivity contribution in [2.75, 3.05) is 33.4 Å². The molecule has 0 aromatic heterocycles. The number of likely N-dealkylation sites (N-methyl/N-ethyl adjacent to an activating group) is 1. The fourth-order valence-corrected chi connectivity index (χ4v) is 5.17. The molecule has 0 aliphatic carbocycles. The van der Waals surface area contributed by atoms with Crippen LogP contribution in [0.3, 0.4) is 0 Å². The van der Waals surface area contributed by atoms with Crippen molar-refractivity contribution in [3.8, 4) is 0 Å². The summed E-state index contributed by atoms with van der Waals surface area (Å²) in [5, 5.41) is 0. The van der Waals surface area contributed by atoms with Crippen molar-refractivity contribution in [3.63, 3.8) is 0 Å². The highest BCUT2D eigenvalue weighted by Gasteiger charge is 2.31. The first kappa shape index (κ1) is 22.9. The van der Waals surface area contributed by atoms with Gasteiger partial charge in [-0.25, -0.2) is 12.8 Å². The summed E-state index contributed by atoms with van der Waals surface area (Å²) in [5.41, 5.74) is 6.27. The molecule has 1 saturated heterocycles. The van der Waals surface area contributed by atoms with Gasteiger partial charge in [0.1, 0.15) is 11.9 Å². The number of nitrogens with zero attached hydrogens (tertiary/aromatic N) is 2. The third-order valence-electron chi connectivity index (χ3n) is 5.16. The third-order valence-corrected chi connectivity index (χ3v) is 7.21. The van der Waals surface area contributed by atoms with Crippen LogP contribution in [0.1, 0.15) is 27.5 Å². The van der Waals surface area contributed by atoms with Crippen LogP contribution in [-0.4, -0.2) is 62.8 Å². The van der Waals surface area contributed by atoms with Gasteiger partial charge in [-0.3, -0.25) is 9.59 Å². The number of halogens is 1. The van der Waals surface area contributed by atoms with Crippen molar-refractivity contribution in [2.24, 2.45) is 5.73 Å². The lowest BCUT2D eigenvalue weighted by Gasteiger charge is -2.28. The van der Waals surface area contributed by atoms with Crippen molar-refractivity contribution in [1.29, 1.82) is 0 Å². The highest BCUT2D eigenvalue weighted by atomic mass is 32.2. The molecule has 1 heterocycles. The molecule has 0 spiro atoms. The van der Waals surface area contributed by atoms with Crippen molar-refractivity contribution in [3.05, 3.63) is 65.0 Å². The number of amides is 2. The quantitative estimate of drug-likeness (QED) is 0.718. The average molecular weight is 450 g/mol. The number of aryl methyl sites for hydroxylation is 1. The number of hydrogen-bond acceptors (Lipinski definition) is 5. The van der Waals surface area contributed by atoms with E-state index in [4.69, 9.17) is 10.5 Å². The van der Waals surface area contributed by atoms with Gasteiger partial charge >= 0.3 is 0 Å². The van der Waals surface area contributed by atoms with Crippen molar-refractivity contribution in [1.82, 2.24) is 9.21 Å². The molecule has 0 bridgehead atoms. The zero-order chi connectivity index (χ0) is 22.8. The van der Waals surface area contributed by atoms with Gasteiger partial charge in [0.2, 0.25) is 15.9 Å². The number of ether oxygens (including phenoxy) is 1. The van der Waals surface area contributed by atoms with Gasteiger partial charge in [0, 0.05) is 25.7 Å². The smallest absolute Gasteiger partial charge is 0.254 e. The van der Waals surface area contributed by atoms with Crippen LogP contribution in [0.2, 0.25) is 0 Å². The summed E-state index contributed by atoms with van der Waals surface area (Å²) in [6, 6.07) is 8.34. The maximum atomic E-state index is 13.6. The van der Waals surface area contributed by atoms with E-state index in [0.717, 1.165) is 11.0 Å². The molecule has 2 amide bonds. The Morgan fingerprint density at radius 3 is 2.45 bits per heavy atom. The summed E-state index contributed by atoms with van der Waals surface area (Å²) in [7, 11) is -2.47. The van der Waals surface area contributed by atoms with E-state index in [-0.39, 0.29) is 29.1 Å². The summed E-state index contributed by atoms with van der Waals surface area (Å²) >= 11 is 0. The molecule has 0 saturated carbocycles. The van der Waals surface area contributed by atoms with E-state index >= 15 is 0 Å². The molecule has 1 aliphatic rings. The predicted octanol–water partition coefficient (Wildman–Crippen LogP) is 1.45. The van der Waals surface area contributed by atoms with E-state index in [1.54, 1.807) is 6.92 Å². The number of carbonyl (C=O) groups excluding carboxylic acids is 2. The summed E-state index contributed by atoms with van der Waals surface area (Å²) in [5.74, 6) is -2.03. The predicted molar refractivity (Wildman–Crippen MR) is 111 cm³/mol. The van der Waals surface area contributed by atoms with Gasteiger partial charge in [0.05, 0.1) is 18.1 Å². The number of hydrogen-bond donors (Lipinski definition) is 1. The number of sulfonamides is 1. The Labute approximate surface area is 180 Å². The number of primary amides is 1. The van der Waals surface area contributed by atoms with Crippen LogP contribution in [0.25, 0.3) is 0 Å². The highest BCUT2D eigenvalue weighted by molar-refractivity contribution is 7.89. The summed E-state index contributed by atoms with van der Waals surface area (Å²) in [6.45, 7) is 2.69. The van der Waals surface area contributed by atoms with Gasteiger partial charge in [-0.1, -0.05) is 18.2 Å². The number of carbonyl (C=O) groups is 2. The SMILES string of the molecule is Cc1ccc(C(=O)N(C)C(C(N)=O)c2cccc(F)c2)cc1S(=O)(=O)N1CCOCC1. The lowest BCUT2D eigenvalue weighted by atomic mass is 10.0. The standard InChI is InChI=1S/C21H24FN3O5S/c1-14-6-7-16(13-18(14)31(28,29)25-8-10-30-11-9-25)21(27)24(2)19(20(23)26)15-4-3-5-17(22)12-15/h3-7,12-13,19H,8-11H2,1-2H3,(H2,23,26). The third kappa shape index (κ3) is 4.76. The largest absolute Gasteiger partial charge is 0.379 e. The van der Waals surface area contributed by atoms with Gasteiger partial charge in [-0.2, -0.15) is 4.31 Å². The van der Waals surface area contributed by atoms with Gasteiger partial charge in [0.25, 0.3) is 5.91 Å². The van der Waals surface area contributed by atoms with Gasteiger partial charge in [-0.15, -0.1) is 0 Å². The Hall–Kier alpha value is -2.82. The average Bonchev–Trinajstić information content (AvgIpc) is 2.74. The second kappa shape index (κ2) is 9.13. The first-order chi connectivity index (χ1) is 14.6. The molecule has 3 rings (SSSR count). The molecule has 2 aromatic rings. The molecular formula is C21H24FN3O5S. The zero-order valence-corrected chi connectivity index (χ0v) is 18.1.